The van der Waals surface area contributed by atoms with Crippen molar-refractivity contribution in [2.45, 2.75) is 39.8 Å². The smallest absolute Gasteiger partial charge is 0.246 e. The van der Waals surface area contributed by atoms with Crippen LogP contribution in [0.15, 0.2) is 29.6 Å². The summed E-state index contributed by atoms with van der Waals surface area (Å²) >= 11 is 6.80. The van der Waals surface area contributed by atoms with Gasteiger partial charge >= 0.3 is 0 Å². The van der Waals surface area contributed by atoms with Crippen molar-refractivity contribution < 1.29 is 4.79 Å². The minimum atomic E-state index is -0.172. The van der Waals surface area contributed by atoms with Crippen molar-refractivity contribution >= 4 is 34.6 Å². The maximum Gasteiger partial charge on any atom is 0.246 e. The highest BCUT2D eigenvalue weighted by molar-refractivity contribution is 7.71. The summed E-state index contributed by atoms with van der Waals surface area (Å²) in [5.74, 6) is 1.21. The van der Waals surface area contributed by atoms with Crippen molar-refractivity contribution in [3.8, 4) is 11.4 Å². The first-order chi connectivity index (χ1) is 14.5. The Morgan fingerprint density at radius 2 is 2.30 bits per heavy atom. The molecule has 4 rings (SSSR count). The molecule has 2 aromatic heterocycles. The van der Waals surface area contributed by atoms with Gasteiger partial charge in [-0.3, -0.25) is 19.4 Å². The van der Waals surface area contributed by atoms with Gasteiger partial charge < -0.3 is 5.32 Å². The molecule has 1 unspecified atom stereocenters. The molecule has 158 valence electrons. The number of nitrogens with one attached hydrogen (secondary N) is 2. The zero-order valence-corrected chi connectivity index (χ0v) is 18.9. The number of aromatic nitrogens is 4. The van der Waals surface area contributed by atoms with Crippen LogP contribution in [0.2, 0.25) is 0 Å². The maximum atomic E-state index is 12.7. The summed E-state index contributed by atoms with van der Waals surface area (Å²) in [6.07, 6.45) is 2.54. The second kappa shape index (κ2) is 9.20. The molecule has 1 atom stereocenters. The Bertz CT molecular complexity index is 1090. The van der Waals surface area contributed by atoms with Crippen LogP contribution >= 0.6 is 23.6 Å². The summed E-state index contributed by atoms with van der Waals surface area (Å²) in [6, 6.07) is 7.97. The topological polar surface area (TPSA) is 78.8 Å². The van der Waals surface area contributed by atoms with Gasteiger partial charge in [-0.2, -0.15) is 5.10 Å². The predicted octanol–water partition coefficient (Wildman–Crippen LogP) is 4.24. The lowest BCUT2D eigenvalue weighted by atomic mass is 10.0. The Morgan fingerprint density at radius 3 is 3.10 bits per heavy atom. The van der Waals surface area contributed by atoms with Crippen LogP contribution in [0.1, 0.15) is 31.0 Å². The molecule has 0 spiro atoms. The van der Waals surface area contributed by atoms with Gasteiger partial charge in [-0.25, -0.2) is 4.98 Å². The Labute approximate surface area is 185 Å². The second-order valence-corrected chi connectivity index (χ2v) is 9.23. The number of thiazole rings is 1. The first kappa shape index (κ1) is 20.9. The van der Waals surface area contributed by atoms with E-state index in [1.807, 2.05) is 36.6 Å². The van der Waals surface area contributed by atoms with Gasteiger partial charge in [0.25, 0.3) is 0 Å². The van der Waals surface area contributed by atoms with Crippen molar-refractivity contribution in [2.75, 3.05) is 18.4 Å². The van der Waals surface area contributed by atoms with Gasteiger partial charge in [-0.15, -0.1) is 11.3 Å². The third kappa shape index (κ3) is 5.03. The first-order valence-electron chi connectivity index (χ1n) is 10.2. The van der Waals surface area contributed by atoms with Gasteiger partial charge in [0.2, 0.25) is 5.91 Å². The van der Waals surface area contributed by atoms with E-state index >= 15 is 0 Å². The number of anilines is 1. The summed E-state index contributed by atoms with van der Waals surface area (Å²) in [5, 5.41) is 12.7. The molecular weight excluding hydrogens is 416 g/mol. The summed E-state index contributed by atoms with van der Waals surface area (Å²) in [4.78, 5) is 19.7. The number of aryl methyl sites for hydroxylation is 1. The lowest BCUT2D eigenvalue weighted by molar-refractivity contribution is -0.116. The van der Waals surface area contributed by atoms with Crippen LogP contribution in [-0.2, 0) is 17.9 Å². The van der Waals surface area contributed by atoms with Crippen LogP contribution in [0.4, 0.5) is 5.13 Å². The SMILES string of the molecule is Cc1cccc(-c2n[nH]c(=S)n2CC(=O)Nc2nc(CN3CCCC(C)C3)cs2)c1. The molecule has 1 amide bonds. The number of carbonyl (C=O) groups is 1. The van der Waals surface area contributed by atoms with E-state index in [4.69, 9.17) is 12.2 Å². The lowest BCUT2D eigenvalue weighted by Gasteiger charge is -2.30. The number of likely N-dealkylation sites (tertiary alicyclic amines) is 1. The average molecular weight is 443 g/mol. The molecular formula is C21H26N6OS2. The molecule has 1 saturated heterocycles. The number of aromatic amines is 1. The quantitative estimate of drug-likeness (QED) is 0.558. The molecule has 3 aromatic rings. The van der Waals surface area contributed by atoms with Crippen molar-refractivity contribution in [3.63, 3.8) is 0 Å². The van der Waals surface area contributed by atoms with Gasteiger partial charge in [0, 0.05) is 24.0 Å². The van der Waals surface area contributed by atoms with Gasteiger partial charge in [0.05, 0.1) is 5.69 Å². The number of H-pyrrole nitrogens is 1. The van der Waals surface area contributed by atoms with Crippen LogP contribution in [0.3, 0.4) is 0 Å². The van der Waals surface area contributed by atoms with Gasteiger partial charge in [-0.05, 0) is 50.5 Å². The van der Waals surface area contributed by atoms with E-state index in [-0.39, 0.29) is 12.5 Å². The highest BCUT2D eigenvalue weighted by Gasteiger charge is 2.18. The summed E-state index contributed by atoms with van der Waals surface area (Å²) in [6.45, 7) is 7.46. The van der Waals surface area contributed by atoms with E-state index in [1.165, 1.54) is 24.2 Å². The molecule has 1 fully saturated rings. The van der Waals surface area contributed by atoms with Crippen LogP contribution in [0.5, 0.6) is 0 Å². The summed E-state index contributed by atoms with van der Waals surface area (Å²) < 4.78 is 2.13. The zero-order valence-electron chi connectivity index (χ0n) is 17.2. The number of hydrogen-bond donors (Lipinski definition) is 2. The van der Waals surface area contributed by atoms with E-state index in [0.29, 0.717) is 15.7 Å². The average Bonchev–Trinajstić information content (AvgIpc) is 3.28. The van der Waals surface area contributed by atoms with Crippen LogP contribution in [0.25, 0.3) is 11.4 Å². The second-order valence-electron chi connectivity index (χ2n) is 7.98. The van der Waals surface area contributed by atoms with Crippen LogP contribution in [-0.4, -0.2) is 43.6 Å². The van der Waals surface area contributed by atoms with Gasteiger partial charge in [-0.1, -0.05) is 30.7 Å². The monoisotopic (exact) mass is 442 g/mol. The highest BCUT2D eigenvalue weighted by atomic mass is 32.1. The van der Waals surface area contributed by atoms with E-state index in [2.05, 4.69) is 32.3 Å². The molecule has 1 aliphatic rings. The minimum absolute atomic E-state index is 0.0805. The minimum Gasteiger partial charge on any atom is -0.300 e. The maximum absolute atomic E-state index is 12.7. The fourth-order valence-electron chi connectivity index (χ4n) is 3.87. The fraction of sp³-hybridized carbons (Fsp3) is 0.429. The van der Waals surface area contributed by atoms with E-state index < -0.39 is 0 Å². The van der Waals surface area contributed by atoms with Crippen molar-refractivity contribution in [1.82, 2.24) is 24.6 Å². The number of amides is 1. The molecule has 0 bridgehead atoms. The predicted molar refractivity (Wildman–Crippen MR) is 122 cm³/mol. The summed E-state index contributed by atoms with van der Waals surface area (Å²) in [5.41, 5.74) is 3.04. The van der Waals surface area contributed by atoms with Crippen molar-refractivity contribution in [1.29, 1.82) is 0 Å². The van der Waals surface area contributed by atoms with E-state index in [9.17, 15) is 4.79 Å². The molecule has 0 saturated carbocycles. The molecule has 0 aliphatic carbocycles. The number of nitrogens with zero attached hydrogens (tertiary/aromatic N) is 4. The molecule has 1 aromatic carbocycles. The molecule has 2 N–H and O–H groups in total. The van der Waals surface area contributed by atoms with E-state index in [0.717, 1.165) is 42.4 Å². The first-order valence-corrected chi connectivity index (χ1v) is 11.5. The third-order valence-corrected chi connectivity index (χ3v) is 6.38. The molecule has 1 aliphatic heterocycles. The largest absolute Gasteiger partial charge is 0.300 e. The Hall–Kier alpha value is -2.36. The molecule has 9 heteroatoms. The number of carbonyl (C=O) groups excluding carboxylic acids is 1. The Morgan fingerprint density at radius 1 is 1.43 bits per heavy atom. The van der Waals surface area contributed by atoms with Crippen molar-refractivity contribution in [2.24, 2.45) is 5.92 Å². The number of hydrogen-bond acceptors (Lipinski definition) is 6. The van der Waals surface area contributed by atoms with Crippen LogP contribution < -0.4 is 5.32 Å². The Kier molecular flexibility index (Phi) is 6.40. The summed E-state index contributed by atoms with van der Waals surface area (Å²) in [7, 11) is 0. The number of benzene rings is 1. The number of piperidine rings is 1. The van der Waals surface area contributed by atoms with Crippen LogP contribution in [0, 0.1) is 17.6 Å². The molecule has 0 radical (unpaired) electrons. The molecule has 30 heavy (non-hydrogen) atoms. The van der Waals surface area contributed by atoms with Crippen molar-refractivity contribution in [3.05, 3.63) is 45.7 Å². The van der Waals surface area contributed by atoms with Gasteiger partial charge in [0.1, 0.15) is 6.54 Å². The number of rotatable bonds is 6. The van der Waals surface area contributed by atoms with Gasteiger partial charge in [0.15, 0.2) is 15.7 Å². The third-order valence-electron chi connectivity index (χ3n) is 5.26. The Balaban J connectivity index is 1.41. The highest BCUT2D eigenvalue weighted by Crippen LogP contribution is 2.22. The molecule has 3 heterocycles. The normalized spacial score (nSPS) is 17.2. The van der Waals surface area contributed by atoms with E-state index in [1.54, 1.807) is 4.57 Å². The fourth-order valence-corrected chi connectivity index (χ4v) is 4.78. The standard InChI is InChI=1S/C21H26N6OS2/c1-14-5-3-7-16(9-14)19-24-25-21(29)27(19)12-18(28)23-20-22-17(13-30-20)11-26-8-4-6-15(2)10-26/h3,5,7,9,13,15H,4,6,8,10-12H2,1-2H3,(H,25,29)(H,22,23,28). The lowest BCUT2D eigenvalue weighted by Crippen LogP contribution is -2.33. The molecule has 7 nitrogen and oxygen atoms in total. The zero-order chi connectivity index (χ0) is 21.1.